The minimum Gasteiger partial charge on any atom is -0.497 e. The van der Waals surface area contributed by atoms with Crippen LogP contribution in [0.1, 0.15) is 22.0 Å². The number of rotatable bonds is 8. The van der Waals surface area contributed by atoms with Gasteiger partial charge in [-0.05, 0) is 29.8 Å². The van der Waals surface area contributed by atoms with Gasteiger partial charge in [-0.15, -0.1) is 0 Å². The highest BCUT2D eigenvalue weighted by molar-refractivity contribution is 6.00. The Morgan fingerprint density at radius 2 is 1.64 bits per heavy atom. The summed E-state index contributed by atoms with van der Waals surface area (Å²) in [6.45, 7) is 3.46. The molecular formula is C29H30N4O3. The van der Waals surface area contributed by atoms with Gasteiger partial charge in [0, 0.05) is 31.4 Å². The van der Waals surface area contributed by atoms with E-state index in [9.17, 15) is 4.79 Å². The van der Waals surface area contributed by atoms with E-state index in [1.54, 1.807) is 11.8 Å². The first kappa shape index (κ1) is 23.8. The molecule has 2 heterocycles. The molecule has 36 heavy (non-hydrogen) atoms. The Balaban J connectivity index is 1.42. The van der Waals surface area contributed by atoms with Crippen LogP contribution in [-0.2, 0) is 4.74 Å². The van der Waals surface area contributed by atoms with E-state index in [1.807, 2.05) is 79.0 Å². The normalized spacial score (nSPS) is 14.8. The summed E-state index contributed by atoms with van der Waals surface area (Å²) in [7, 11) is 1.66. The Labute approximate surface area is 211 Å². The number of nitrogens with one attached hydrogen (secondary N) is 1. The van der Waals surface area contributed by atoms with Gasteiger partial charge in [-0.3, -0.25) is 9.69 Å². The number of ether oxygens (including phenoxy) is 2. The van der Waals surface area contributed by atoms with Crippen molar-refractivity contribution >= 4 is 5.91 Å². The molecule has 1 fully saturated rings. The minimum atomic E-state index is -0.150. The predicted molar refractivity (Wildman–Crippen MR) is 139 cm³/mol. The van der Waals surface area contributed by atoms with Crippen molar-refractivity contribution in [1.29, 1.82) is 0 Å². The summed E-state index contributed by atoms with van der Waals surface area (Å²) in [4.78, 5) is 15.9. The van der Waals surface area contributed by atoms with Crippen molar-refractivity contribution < 1.29 is 14.3 Å². The lowest BCUT2D eigenvalue weighted by Crippen LogP contribution is -2.43. The first-order valence-corrected chi connectivity index (χ1v) is 12.2. The lowest BCUT2D eigenvalue weighted by atomic mass is 10.0. The number of carbonyl (C=O) groups excluding carboxylic acids is 1. The molecule has 7 nitrogen and oxygen atoms in total. The van der Waals surface area contributed by atoms with Gasteiger partial charge < -0.3 is 14.8 Å². The molecular weight excluding hydrogens is 452 g/mol. The average Bonchev–Trinajstić information content (AvgIpc) is 3.41. The molecule has 184 valence electrons. The number of amides is 1. The molecule has 1 amide bonds. The smallest absolute Gasteiger partial charge is 0.255 e. The van der Waals surface area contributed by atoms with Gasteiger partial charge in [-0.2, -0.15) is 5.10 Å². The lowest BCUT2D eigenvalue weighted by Gasteiger charge is -2.35. The van der Waals surface area contributed by atoms with Gasteiger partial charge in [0.25, 0.3) is 5.91 Å². The molecule has 0 unspecified atom stereocenters. The number of benzene rings is 3. The van der Waals surface area contributed by atoms with E-state index in [1.165, 1.54) is 0 Å². The predicted octanol–water partition coefficient (Wildman–Crippen LogP) is 4.35. The van der Waals surface area contributed by atoms with Gasteiger partial charge in [0.1, 0.15) is 11.4 Å². The fraction of sp³-hybridized carbons (Fsp3) is 0.241. The molecule has 0 bridgehead atoms. The maximum absolute atomic E-state index is 13.6. The summed E-state index contributed by atoms with van der Waals surface area (Å²) < 4.78 is 12.7. The Morgan fingerprint density at radius 3 is 2.31 bits per heavy atom. The number of carbonyl (C=O) groups is 1. The molecule has 1 saturated heterocycles. The van der Waals surface area contributed by atoms with E-state index < -0.39 is 0 Å². The zero-order valence-corrected chi connectivity index (χ0v) is 20.3. The van der Waals surface area contributed by atoms with Crippen LogP contribution in [-0.4, -0.2) is 60.5 Å². The summed E-state index contributed by atoms with van der Waals surface area (Å²) in [6.07, 6.45) is 1.81. The van der Waals surface area contributed by atoms with Gasteiger partial charge in [0.15, 0.2) is 0 Å². The zero-order valence-electron chi connectivity index (χ0n) is 20.3. The number of hydrogen-bond acceptors (Lipinski definition) is 5. The number of methoxy groups -OCH3 is 1. The Hall–Kier alpha value is -3.94. The standard InChI is InChI=1S/C29H30N4O3/c1-35-25-14-12-22(13-15-25)27(32-16-18-36-19-17-32)20-30-29(34)26-21-33(24-10-6-3-7-11-24)31-28(26)23-8-4-2-5-9-23/h2-15,21,27H,16-20H2,1H3,(H,30,34)/t27-/m1/s1. The van der Waals surface area contributed by atoms with Crippen molar-refractivity contribution in [3.63, 3.8) is 0 Å². The molecule has 1 aliphatic heterocycles. The topological polar surface area (TPSA) is 68.6 Å². The highest BCUT2D eigenvalue weighted by atomic mass is 16.5. The first-order valence-electron chi connectivity index (χ1n) is 12.2. The number of nitrogens with zero attached hydrogens (tertiary/aromatic N) is 3. The molecule has 0 saturated carbocycles. The molecule has 0 radical (unpaired) electrons. The minimum absolute atomic E-state index is 0.0214. The highest BCUT2D eigenvalue weighted by Crippen LogP contribution is 2.26. The fourth-order valence-electron chi connectivity index (χ4n) is 4.52. The van der Waals surface area contributed by atoms with Crippen molar-refractivity contribution in [2.24, 2.45) is 0 Å². The summed E-state index contributed by atoms with van der Waals surface area (Å²) >= 11 is 0. The summed E-state index contributed by atoms with van der Waals surface area (Å²) in [5.74, 6) is 0.659. The van der Waals surface area contributed by atoms with Crippen LogP contribution in [0.15, 0.2) is 91.1 Å². The molecule has 1 atom stereocenters. The Kier molecular flexibility index (Phi) is 7.40. The van der Waals surface area contributed by atoms with Crippen LogP contribution >= 0.6 is 0 Å². The Bertz CT molecular complexity index is 1270. The van der Waals surface area contributed by atoms with Crippen molar-refractivity contribution in [3.8, 4) is 22.7 Å². The van der Waals surface area contributed by atoms with E-state index in [4.69, 9.17) is 14.6 Å². The molecule has 1 aliphatic rings. The van der Waals surface area contributed by atoms with Crippen molar-refractivity contribution in [2.75, 3.05) is 40.0 Å². The number of aromatic nitrogens is 2. The molecule has 0 spiro atoms. The van der Waals surface area contributed by atoms with E-state index in [0.717, 1.165) is 35.7 Å². The second-order valence-corrected chi connectivity index (χ2v) is 8.68. The monoisotopic (exact) mass is 482 g/mol. The SMILES string of the molecule is COc1ccc([C@@H](CNC(=O)c2cn(-c3ccccc3)nc2-c2ccccc2)N2CCOCC2)cc1. The first-order chi connectivity index (χ1) is 17.7. The summed E-state index contributed by atoms with van der Waals surface area (Å²) in [6, 6.07) is 27.7. The molecule has 7 heteroatoms. The van der Waals surface area contributed by atoms with Gasteiger partial charge in [-0.1, -0.05) is 60.7 Å². The van der Waals surface area contributed by atoms with Gasteiger partial charge in [-0.25, -0.2) is 4.68 Å². The van der Waals surface area contributed by atoms with Gasteiger partial charge >= 0.3 is 0 Å². The van der Waals surface area contributed by atoms with Gasteiger partial charge in [0.05, 0.1) is 37.6 Å². The van der Waals surface area contributed by atoms with Crippen LogP contribution in [0.5, 0.6) is 5.75 Å². The third-order valence-electron chi connectivity index (χ3n) is 6.47. The second kappa shape index (κ2) is 11.2. The van der Waals surface area contributed by atoms with Crippen LogP contribution in [0.25, 0.3) is 16.9 Å². The molecule has 0 aliphatic carbocycles. The van der Waals surface area contributed by atoms with Crippen molar-refractivity contribution in [3.05, 3.63) is 102 Å². The van der Waals surface area contributed by atoms with E-state index in [2.05, 4.69) is 22.3 Å². The number of hydrogen-bond donors (Lipinski definition) is 1. The van der Waals surface area contributed by atoms with Crippen LogP contribution < -0.4 is 10.1 Å². The van der Waals surface area contributed by atoms with Crippen molar-refractivity contribution in [1.82, 2.24) is 20.0 Å². The van der Waals surface area contributed by atoms with Crippen LogP contribution in [0.4, 0.5) is 0 Å². The van der Waals surface area contributed by atoms with Gasteiger partial charge in [0.2, 0.25) is 0 Å². The zero-order chi connectivity index (χ0) is 24.7. The van der Waals surface area contributed by atoms with E-state index >= 15 is 0 Å². The van der Waals surface area contributed by atoms with E-state index in [0.29, 0.717) is 31.0 Å². The maximum atomic E-state index is 13.6. The fourth-order valence-corrected chi connectivity index (χ4v) is 4.52. The number of para-hydroxylation sites is 1. The van der Waals surface area contributed by atoms with E-state index in [-0.39, 0.29) is 11.9 Å². The molecule has 1 aromatic heterocycles. The quantitative estimate of drug-likeness (QED) is 0.404. The maximum Gasteiger partial charge on any atom is 0.255 e. The molecule has 5 rings (SSSR count). The van der Waals surface area contributed by atoms with Crippen LogP contribution in [0.2, 0.25) is 0 Å². The number of morpholine rings is 1. The summed E-state index contributed by atoms with van der Waals surface area (Å²) in [5, 5.41) is 7.97. The van der Waals surface area contributed by atoms with Crippen LogP contribution in [0, 0.1) is 0 Å². The second-order valence-electron chi connectivity index (χ2n) is 8.68. The largest absolute Gasteiger partial charge is 0.497 e. The Morgan fingerprint density at radius 1 is 0.972 bits per heavy atom. The average molecular weight is 483 g/mol. The molecule has 4 aromatic rings. The molecule has 1 N–H and O–H groups in total. The third-order valence-corrected chi connectivity index (χ3v) is 6.47. The molecule has 3 aromatic carbocycles. The third kappa shape index (κ3) is 5.32. The lowest BCUT2D eigenvalue weighted by molar-refractivity contribution is 0.0162. The van der Waals surface area contributed by atoms with Crippen molar-refractivity contribution in [2.45, 2.75) is 6.04 Å². The van der Waals surface area contributed by atoms with Crippen LogP contribution in [0.3, 0.4) is 0 Å². The highest BCUT2D eigenvalue weighted by Gasteiger charge is 2.25. The summed E-state index contributed by atoms with van der Waals surface area (Å²) in [5.41, 5.74) is 4.13.